The number of carboxylic acid groups (broad SMARTS) is 1. The number of rotatable bonds is 8. The van der Waals surface area contributed by atoms with Gasteiger partial charge in [-0.15, -0.1) is 0 Å². The molecule has 3 aromatic carbocycles. The molecule has 0 amide bonds. The highest BCUT2D eigenvalue weighted by Crippen LogP contribution is 2.33. The first-order chi connectivity index (χ1) is 15.5. The van der Waals surface area contributed by atoms with Gasteiger partial charge in [-0.2, -0.15) is 13.2 Å². The SMILES string of the molecule is CC(C)CC(C(=O)O)c1cc(CCc2ccc(Cl)cc2)cc(-c2ccc(C(F)(F)F)cc2)c1. The van der Waals surface area contributed by atoms with E-state index in [-0.39, 0.29) is 5.92 Å². The van der Waals surface area contributed by atoms with Crippen molar-refractivity contribution in [2.24, 2.45) is 5.92 Å². The van der Waals surface area contributed by atoms with Crippen LogP contribution in [0.3, 0.4) is 0 Å². The van der Waals surface area contributed by atoms with Crippen LogP contribution in [-0.2, 0) is 23.8 Å². The number of hydrogen-bond acceptors (Lipinski definition) is 1. The van der Waals surface area contributed by atoms with E-state index in [9.17, 15) is 23.1 Å². The second kappa shape index (κ2) is 10.4. The van der Waals surface area contributed by atoms with Gasteiger partial charge in [0.1, 0.15) is 0 Å². The van der Waals surface area contributed by atoms with Crippen LogP contribution in [0.5, 0.6) is 0 Å². The zero-order valence-corrected chi connectivity index (χ0v) is 19.3. The van der Waals surface area contributed by atoms with Gasteiger partial charge in [-0.25, -0.2) is 0 Å². The predicted molar refractivity (Wildman–Crippen MR) is 126 cm³/mol. The minimum Gasteiger partial charge on any atom is -0.481 e. The quantitative estimate of drug-likeness (QED) is 0.359. The van der Waals surface area contributed by atoms with E-state index in [0.29, 0.717) is 34.6 Å². The summed E-state index contributed by atoms with van der Waals surface area (Å²) >= 11 is 5.96. The molecule has 174 valence electrons. The highest BCUT2D eigenvalue weighted by Gasteiger charge is 2.30. The van der Waals surface area contributed by atoms with Gasteiger partial charge in [-0.05, 0) is 77.3 Å². The molecule has 0 saturated carbocycles. The van der Waals surface area contributed by atoms with E-state index in [4.69, 9.17) is 11.6 Å². The Bertz CT molecular complexity index is 1090. The molecule has 0 aromatic heterocycles. The molecule has 3 aromatic rings. The van der Waals surface area contributed by atoms with Crippen LogP contribution in [0.25, 0.3) is 11.1 Å². The molecule has 33 heavy (non-hydrogen) atoms. The predicted octanol–water partition coefficient (Wildman–Crippen LogP) is 8.03. The zero-order valence-electron chi connectivity index (χ0n) is 18.5. The van der Waals surface area contributed by atoms with Crippen molar-refractivity contribution in [3.63, 3.8) is 0 Å². The topological polar surface area (TPSA) is 37.3 Å². The molecule has 0 aliphatic rings. The highest BCUT2D eigenvalue weighted by molar-refractivity contribution is 6.30. The molecule has 2 nitrogen and oxygen atoms in total. The molecule has 0 aliphatic carbocycles. The fraction of sp³-hybridized carbons (Fsp3) is 0.296. The van der Waals surface area contributed by atoms with Crippen LogP contribution in [0, 0.1) is 5.92 Å². The number of aliphatic carboxylic acids is 1. The first kappa shape index (κ1) is 24.8. The van der Waals surface area contributed by atoms with Gasteiger partial charge in [-0.3, -0.25) is 4.79 Å². The maximum atomic E-state index is 13.0. The average Bonchev–Trinajstić information content (AvgIpc) is 2.76. The summed E-state index contributed by atoms with van der Waals surface area (Å²) in [5, 5.41) is 10.5. The van der Waals surface area contributed by atoms with Gasteiger partial charge in [-0.1, -0.05) is 67.9 Å². The Hall–Kier alpha value is -2.79. The number of carboxylic acids is 1. The Morgan fingerprint density at radius 1 is 0.879 bits per heavy atom. The van der Waals surface area contributed by atoms with Crippen molar-refractivity contribution in [3.05, 3.63) is 94.0 Å². The molecular weight excluding hydrogens is 449 g/mol. The van der Waals surface area contributed by atoms with Crippen LogP contribution >= 0.6 is 11.6 Å². The van der Waals surface area contributed by atoms with Gasteiger partial charge in [0.25, 0.3) is 0 Å². The lowest BCUT2D eigenvalue weighted by Crippen LogP contribution is -2.14. The highest BCUT2D eigenvalue weighted by atomic mass is 35.5. The number of aryl methyl sites for hydroxylation is 2. The third-order valence-corrected chi connectivity index (χ3v) is 5.84. The minimum atomic E-state index is -4.41. The van der Waals surface area contributed by atoms with Crippen molar-refractivity contribution in [2.75, 3.05) is 0 Å². The molecular formula is C27H26ClF3O2. The molecule has 0 fully saturated rings. The molecule has 0 saturated heterocycles. The third-order valence-electron chi connectivity index (χ3n) is 5.58. The molecule has 1 unspecified atom stereocenters. The van der Waals surface area contributed by atoms with Gasteiger partial charge in [0.2, 0.25) is 0 Å². The molecule has 3 rings (SSSR count). The third kappa shape index (κ3) is 6.84. The van der Waals surface area contributed by atoms with E-state index in [2.05, 4.69) is 0 Å². The fourth-order valence-electron chi connectivity index (χ4n) is 3.87. The Kier molecular flexibility index (Phi) is 7.85. The van der Waals surface area contributed by atoms with E-state index in [1.807, 2.05) is 50.2 Å². The number of halogens is 4. The van der Waals surface area contributed by atoms with E-state index in [1.54, 1.807) is 6.07 Å². The van der Waals surface area contributed by atoms with Crippen LogP contribution in [-0.4, -0.2) is 11.1 Å². The van der Waals surface area contributed by atoms with Crippen LogP contribution in [0.1, 0.15) is 48.4 Å². The maximum Gasteiger partial charge on any atom is 0.416 e. The molecule has 1 atom stereocenters. The fourth-order valence-corrected chi connectivity index (χ4v) is 4.00. The number of alkyl halides is 3. The van der Waals surface area contributed by atoms with Crippen molar-refractivity contribution in [1.82, 2.24) is 0 Å². The van der Waals surface area contributed by atoms with Crippen molar-refractivity contribution in [1.29, 1.82) is 0 Å². The molecule has 0 radical (unpaired) electrons. The second-order valence-electron chi connectivity index (χ2n) is 8.69. The lowest BCUT2D eigenvalue weighted by Gasteiger charge is -2.18. The molecule has 0 aliphatic heterocycles. The van der Waals surface area contributed by atoms with Gasteiger partial charge >= 0.3 is 12.1 Å². The molecule has 6 heteroatoms. The molecule has 1 N–H and O–H groups in total. The lowest BCUT2D eigenvalue weighted by atomic mass is 9.86. The van der Waals surface area contributed by atoms with Gasteiger partial charge in [0, 0.05) is 5.02 Å². The van der Waals surface area contributed by atoms with Gasteiger partial charge in [0.05, 0.1) is 11.5 Å². The van der Waals surface area contributed by atoms with Crippen molar-refractivity contribution in [3.8, 4) is 11.1 Å². The van der Waals surface area contributed by atoms with Crippen molar-refractivity contribution >= 4 is 17.6 Å². The largest absolute Gasteiger partial charge is 0.481 e. The molecule has 0 heterocycles. The maximum absolute atomic E-state index is 13.0. The number of carbonyl (C=O) groups is 1. The summed E-state index contributed by atoms with van der Waals surface area (Å²) in [5.74, 6) is -1.41. The van der Waals surface area contributed by atoms with Crippen molar-refractivity contribution < 1.29 is 23.1 Å². The Balaban J connectivity index is 1.99. The van der Waals surface area contributed by atoms with E-state index in [1.165, 1.54) is 12.1 Å². The summed E-state index contributed by atoms with van der Waals surface area (Å²) in [6.07, 6.45) is -2.54. The summed E-state index contributed by atoms with van der Waals surface area (Å²) in [4.78, 5) is 12.0. The van der Waals surface area contributed by atoms with Crippen LogP contribution in [0.2, 0.25) is 5.02 Å². The number of benzene rings is 3. The van der Waals surface area contributed by atoms with E-state index < -0.39 is 23.6 Å². The smallest absolute Gasteiger partial charge is 0.416 e. The molecule has 0 bridgehead atoms. The van der Waals surface area contributed by atoms with Crippen LogP contribution in [0.4, 0.5) is 13.2 Å². The number of hydrogen-bond donors (Lipinski definition) is 1. The standard InChI is InChI=1S/C27H26ClF3O2/c1-17(2)13-25(26(32)33)22-15-19(4-3-18-5-11-24(28)12-6-18)14-21(16-22)20-7-9-23(10-8-20)27(29,30)31/h5-12,14-17,25H,3-4,13H2,1-2H3,(H,32,33). The van der Waals surface area contributed by atoms with E-state index >= 15 is 0 Å². The monoisotopic (exact) mass is 474 g/mol. The minimum absolute atomic E-state index is 0.179. The summed E-state index contributed by atoms with van der Waals surface area (Å²) < 4.78 is 38.9. The summed E-state index contributed by atoms with van der Waals surface area (Å²) in [7, 11) is 0. The average molecular weight is 475 g/mol. The zero-order chi connectivity index (χ0) is 24.2. The second-order valence-corrected chi connectivity index (χ2v) is 9.12. The van der Waals surface area contributed by atoms with Crippen LogP contribution in [0.15, 0.2) is 66.7 Å². The Morgan fingerprint density at radius 3 is 2.03 bits per heavy atom. The summed E-state index contributed by atoms with van der Waals surface area (Å²) in [6.45, 7) is 3.94. The Labute approximate surface area is 197 Å². The summed E-state index contributed by atoms with van der Waals surface area (Å²) in [5.41, 5.74) is 3.31. The first-order valence-corrected chi connectivity index (χ1v) is 11.2. The van der Waals surface area contributed by atoms with Crippen molar-refractivity contribution in [2.45, 2.75) is 45.2 Å². The molecule has 0 spiro atoms. The van der Waals surface area contributed by atoms with E-state index in [0.717, 1.165) is 29.7 Å². The van der Waals surface area contributed by atoms with Crippen LogP contribution < -0.4 is 0 Å². The summed E-state index contributed by atoms with van der Waals surface area (Å²) in [6, 6.07) is 18.1. The Morgan fingerprint density at radius 2 is 1.48 bits per heavy atom. The first-order valence-electron chi connectivity index (χ1n) is 10.8. The van der Waals surface area contributed by atoms with Gasteiger partial charge < -0.3 is 5.11 Å². The van der Waals surface area contributed by atoms with Gasteiger partial charge in [0.15, 0.2) is 0 Å². The normalized spacial score (nSPS) is 12.7. The lowest BCUT2D eigenvalue weighted by molar-refractivity contribution is -0.139.